The molecule has 3 aromatic rings. The van der Waals surface area contributed by atoms with E-state index in [1.807, 2.05) is 0 Å². The minimum Gasteiger partial charge on any atom is -0.390 e. The van der Waals surface area contributed by atoms with Gasteiger partial charge in [0.25, 0.3) is 0 Å². The molecular formula is C22H15ClF6N2O3S. The summed E-state index contributed by atoms with van der Waals surface area (Å²) < 4.78 is 103. The molecule has 0 aliphatic carbocycles. The van der Waals surface area contributed by atoms with Crippen LogP contribution in [0.25, 0.3) is 0 Å². The van der Waals surface area contributed by atoms with E-state index in [2.05, 4.69) is 5.16 Å². The van der Waals surface area contributed by atoms with Crippen LogP contribution in [0.2, 0.25) is 5.02 Å². The molecule has 0 saturated carbocycles. The highest BCUT2D eigenvalue weighted by molar-refractivity contribution is 7.93. The third kappa shape index (κ3) is 6.67. The average molecular weight is 537 g/mol. The second kappa shape index (κ2) is 10.2. The number of hydrogen-bond donors (Lipinski definition) is 1. The maximum atomic E-state index is 12.9. The minimum atomic E-state index is -5.78. The highest BCUT2D eigenvalue weighted by atomic mass is 35.5. The summed E-state index contributed by atoms with van der Waals surface area (Å²) in [7, 11) is -5.78. The Kier molecular flexibility index (Phi) is 7.65. The number of oxime groups is 1. The molecule has 0 atom stereocenters. The van der Waals surface area contributed by atoms with E-state index >= 15 is 0 Å². The third-order valence-corrected chi connectivity index (χ3v) is 5.81. The number of sulfonamides is 1. The van der Waals surface area contributed by atoms with Gasteiger partial charge in [0.2, 0.25) is 0 Å². The predicted molar refractivity (Wildman–Crippen MR) is 118 cm³/mol. The fourth-order valence-corrected chi connectivity index (χ4v) is 3.62. The number of nitrogens with one attached hydrogen (secondary N) is 1. The summed E-state index contributed by atoms with van der Waals surface area (Å²) >= 11 is 6.00. The molecule has 0 spiro atoms. The Morgan fingerprint density at radius 2 is 1.60 bits per heavy atom. The van der Waals surface area contributed by atoms with E-state index in [1.54, 1.807) is 18.2 Å². The second-order valence-corrected chi connectivity index (χ2v) is 9.13. The molecular weight excluding hydrogens is 522 g/mol. The van der Waals surface area contributed by atoms with Gasteiger partial charge < -0.3 is 4.84 Å². The molecule has 0 fully saturated rings. The Labute approximate surface area is 201 Å². The van der Waals surface area contributed by atoms with Crippen molar-refractivity contribution >= 4 is 33.0 Å². The lowest BCUT2D eigenvalue weighted by atomic mass is 10.0. The van der Waals surface area contributed by atoms with Crippen LogP contribution in [0.15, 0.2) is 78.0 Å². The molecule has 3 rings (SSSR count). The summed E-state index contributed by atoms with van der Waals surface area (Å²) in [6, 6.07) is 15.5. The zero-order valence-electron chi connectivity index (χ0n) is 17.4. The summed E-state index contributed by atoms with van der Waals surface area (Å²) in [5.41, 5.74) is -6.80. The number of rotatable bonds is 7. The first-order chi connectivity index (χ1) is 16.3. The van der Waals surface area contributed by atoms with Crippen molar-refractivity contribution in [2.75, 3.05) is 4.72 Å². The number of halogens is 7. The molecule has 5 nitrogen and oxygen atoms in total. The van der Waals surface area contributed by atoms with Crippen LogP contribution in [0.3, 0.4) is 0 Å². The molecule has 0 bridgehead atoms. The van der Waals surface area contributed by atoms with Gasteiger partial charge in [-0.25, -0.2) is 0 Å². The van der Waals surface area contributed by atoms with E-state index in [1.165, 1.54) is 41.1 Å². The predicted octanol–water partition coefficient (Wildman–Crippen LogP) is 6.59. The number of benzene rings is 3. The van der Waals surface area contributed by atoms with Gasteiger partial charge in [-0.1, -0.05) is 59.2 Å². The molecule has 186 valence electrons. The minimum absolute atomic E-state index is 0.0523. The maximum Gasteiger partial charge on any atom is 0.516 e. The fourth-order valence-electron chi connectivity index (χ4n) is 2.87. The van der Waals surface area contributed by atoms with Crippen LogP contribution in [-0.2, 0) is 27.6 Å². The molecule has 0 unspecified atom stereocenters. The van der Waals surface area contributed by atoms with Gasteiger partial charge in [-0.05, 0) is 35.9 Å². The van der Waals surface area contributed by atoms with Gasteiger partial charge in [-0.3, -0.25) is 4.72 Å². The lowest BCUT2D eigenvalue weighted by Crippen LogP contribution is -2.30. The molecule has 13 heteroatoms. The van der Waals surface area contributed by atoms with Crippen LogP contribution in [0.4, 0.5) is 32.0 Å². The Bertz CT molecular complexity index is 1330. The van der Waals surface area contributed by atoms with E-state index in [9.17, 15) is 34.8 Å². The van der Waals surface area contributed by atoms with E-state index in [4.69, 9.17) is 16.4 Å². The molecule has 0 radical (unpaired) electrons. The van der Waals surface area contributed by atoms with Crippen LogP contribution in [0, 0.1) is 0 Å². The zero-order valence-corrected chi connectivity index (χ0v) is 18.9. The molecule has 3 aromatic carbocycles. The van der Waals surface area contributed by atoms with Crippen LogP contribution < -0.4 is 4.72 Å². The molecule has 0 heterocycles. The molecule has 0 saturated heterocycles. The SMILES string of the molecule is O=S(=O)(Nc1ccc(Cl)cc1/C(=N/OCc1cccc(C(F)(F)F)c1)c1ccccc1)C(F)(F)F. The highest BCUT2D eigenvalue weighted by Crippen LogP contribution is 2.31. The zero-order chi connectivity index (χ0) is 25.9. The summed E-state index contributed by atoms with van der Waals surface area (Å²) in [6.45, 7) is -0.412. The Morgan fingerprint density at radius 3 is 2.23 bits per heavy atom. The van der Waals surface area contributed by atoms with Crippen molar-refractivity contribution in [2.45, 2.75) is 18.3 Å². The highest BCUT2D eigenvalue weighted by Gasteiger charge is 2.46. The standard InChI is InChI=1S/C22H15ClF6N2O3S/c23-17-9-10-19(31-35(32,33)22(27,28)29)18(12-17)20(15-6-2-1-3-7-15)30-34-13-14-5-4-8-16(11-14)21(24,25)26/h1-12,31H,13H2/b30-20+. The molecule has 0 aliphatic heterocycles. The van der Waals surface area contributed by atoms with Crippen LogP contribution >= 0.6 is 11.6 Å². The molecule has 35 heavy (non-hydrogen) atoms. The summed E-state index contributed by atoms with van der Waals surface area (Å²) in [5, 5.41) is 3.96. The van der Waals surface area contributed by atoms with Gasteiger partial charge in [0, 0.05) is 16.1 Å². The molecule has 1 N–H and O–H groups in total. The number of nitrogens with zero attached hydrogens (tertiary/aromatic N) is 1. The molecule has 0 aliphatic rings. The van der Waals surface area contributed by atoms with Crippen molar-refractivity contribution in [3.05, 3.63) is 100 Å². The smallest absolute Gasteiger partial charge is 0.390 e. The van der Waals surface area contributed by atoms with Crippen LogP contribution in [0.1, 0.15) is 22.3 Å². The number of anilines is 1. The third-order valence-electron chi connectivity index (χ3n) is 4.47. The Hall–Kier alpha value is -3.25. The van der Waals surface area contributed by atoms with Crippen molar-refractivity contribution in [3.8, 4) is 0 Å². The summed E-state index contributed by atoms with van der Waals surface area (Å²) in [4.78, 5) is 5.23. The van der Waals surface area contributed by atoms with Gasteiger partial charge in [0.1, 0.15) is 12.3 Å². The van der Waals surface area contributed by atoms with Crippen molar-refractivity contribution in [1.82, 2.24) is 0 Å². The van der Waals surface area contributed by atoms with Crippen molar-refractivity contribution in [2.24, 2.45) is 5.16 Å². The normalized spacial score (nSPS) is 12.9. The fraction of sp³-hybridized carbons (Fsp3) is 0.136. The largest absolute Gasteiger partial charge is 0.516 e. The first-order valence-corrected chi connectivity index (χ1v) is 11.4. The van der Waals surface area contributed by atoms with Gasteiger partial charge in [0.15, 0.2) is 0 Å². The van der Waals surface area contributed by atoms with Gasteiger partial charge >= 0.3 is 21.7 Å². The van der Waals surface area contributed by atoms with Crippen molar-refractivity contribution < 1.29 is 39.6 Å². The van der Waals surface area contributed by atoms with E-state index < -0.39 is 39.6 Å². The molecule has 0 amide bonds. The van der Waals surface area contributed by atoms with E-state index in [0.29, 0.717) is 5.56 Å². The first kappa shape index (κ1) is 26.4. The van der Waals surface area contributed by atoms with Crippen molar-refractivity contribution in [1.29, 1.82) is 0 Å². The van der Waals surface area contributed by atoms with Crippen LogP contribution in [0.5, 0.6) is 0 Å². The average Bonchev–Trinajstić information content (AvgIpc) is 2.77. The maximum absolute atomic E-state index is 12.9. The van der Waals surface area contributed by atoms with Gasteiger partial charge in [0.05, 0.1) is 11.3 Å². The quantitative estimate of drug-likeness (QED) is 0.210. The summed E-state index contributed by atoms with van der Waals surface area (Å²) in [5.74, 6) is 0. The van der Waals surface area contributed by atoms with Gasteiger partial charge in [-0.2, -0.15) is 34.8 Å². The number of hydrogen-bond acceptors (Lipinski definition) is 4. The number of alkyl halides is 6. The summed E-state index contributed by atoms with van der Waals surface area (Å²) in [6.07, 6.45) is -4.57. The molecule has 0 aromatic heterocycles. The van der Waals surface area contributed by atoms with E-state index in [0.717, 1.165) is 18.2 Å². The van der Waals surface area contributed by atoms with E-state index in [-0.39, 0.29) is 21.9 Å². The van der Waals surface area contributed by atoms with Gasteiger partial charge in [-0.15, -0.1) is 0 Å². The van der Waals surface area contributed by atoms with Crippen molar-refractivity contribution in [3.63, 3.8) is 0 Å². The van der Waals surface area contributed by atoms with Crippen LogP contribution in [-0.4, -0.2) is 19.6 Å². The topological polar surface area (TPSA) is 67.8 Å². The lowest BCUT2D eigenvalue weighted by molar-refractivity contribution is -0.137. The Balaban J connectivity index is 2.02. The Morgan fingerprint density at radius 1 is 0.914 bits per heavy atom. The lowest BCUT2D eigenvalue weighted by Gasteiger charge is -2.16. The monoisotopic (exact) mass is 536 g/mol. The second-order valence-electron chi connectivity index (χ2n) is 7.02. The first-order valence-electron chi connectivity index (χ1n) is 9.58.